The Kier molecular flexibility index (Phi) is 2.31. The summed E-state index contributed by atoms with van der Waals surface area (Å²) in [4.78, 5) is 0. The van der Waals surface area contributed by atoms with E-state index in [1.165, 1.54) is 16.7 Å². The highest BCUT2D eigenvalue weighted by Crippen LogP contribution is 2.26. The third-order valence-corrected chi connectivity index (χ3v) is 2.52. The maximum Gasteiger partial charge on any atom is -0.00883 e. The third kappa shape index (κ3) is 1.57. The molecule has 0 heteroatoms. The van der Waals surface area contributed by atoms with E-state index in [2.05, 4.69) is 49.4 Å². The van der Waals surface area contributed by atoms with Gasteiger partial charge < -0.3 is 0 Å². The quantitative estimate of drug-likeness (QED) is 0.636. The van der Waals surface area contributed by atoms with E-state index in [4.69, 9.17) is 0 Å². The number of hydrogen-bond acceptors (Lipinski definition) is 0. The van der Waals surface area contributed by atoms with Crippen molar-refractivity contribution in [3.63, 3.8) is 0 Å². The minimum Gasteiger partial charge on any atom is -0.0801 e. The van der Waals surface area contributed by atoms with Crippen molar-refractivity contribution in [3.05, 3.63) is 53.6 Å². The first-order valence-electron chi connectivity index (χ1n) is 4.86. The first-order chi connectivity index (χ1) is 6.42. The van der Waals surface area contributed by atoms with Crippen LogP contribution in [-0.2, 0) is 6.42 Å². The number of hydrogen-bond donors (Lipinski definition) is 0. The number of allylic oxidation sites excluding steroid dienone is 4. The summed E-state index contributed by atoms with van der Waals surface area (Å²) >= 11 is 0. The summed E-state index contributed by atoms with van der Waals surface area (Å²) in [6, 6.07) is 8.67. The minimum atomic E-state index is 1.09. The summed E-state index contributed by atoms with van der Waals surface area (Å²) < 4.78 is 0. The van der Waals surface area contributed by atoms with Crippen LogP contribution in [0.15, 0.2) is 42.5 Å². The second-order valence-corrected chi connectivity index (χ2v) is 3.33. The molecule has 0 radical (unpaired) electrons. The number of aryl methyl sites for hydroxylation is 1. The highest BCUT2D eigenvalue weighted by molar-refractivity contribution is 5.72. The van der Waals surface area contributed by atoms with Gasteiger partial charge >= 0.3 is 0 Å². The van der Waals surface area contributed by atoms with Gasteiger partial charge in [0.2, 0.25) is 0 Å². The second kappa shape index (κ2) is 3.61. The maximum atomic E-state index is 2.22. The van der Waals surface area contributed by atoms with E-state index >= 15 is 0 Å². The summed E-state index contributed by atoms with van der Waals surface area (Å²) in [6.45, 7) is 2.21. The Morgan fingerprint density at radius 2 is 2.08 bits per heavy atom. The van der Waals surface area contributed by atoms with E-state index < -0.39 is 0 Å². The predicted molar refractivity (Wildman–Crippen MR) is 57.6 cm³/mol. The second-order valence-electron chi connectivity index (χ2n) is 3.33. The van der Waals surface area contributed by atoms with Crippen molar-refractivity contribution in [2.75, 3.05) is 0 Å². The molecular weight excluding hydrogens is 156 g/mol. The fraction of sp³-hybridized carbons (Fsp3) is 0.231. The molecule has 1 aliphatic carbocycles. The van der Waals surface area contributed by atoms with E-state index in [1.807, 2.05) is 0 Å². The van der Waals surface area contributed by atoms with Crippen LogP contribution in [0.1, 0.15) is 24.5 Å². The molecule has 2 rings (SSSR count). The Morgan fingerprint density at radius 1 is 1.23 bits per heavy atom. The molecular formula is C13H14. The standard InChI is InChI=1S/C13H14/c1-2-11-7-5-6-10-13(11)12-8-3-4-9-12/h3-8,10H,2,9H2,1H3. The molecule has 1 aromatic rings. The Bertz CT molecular complexity index is 356. The van der Waals surface area contributed by atoms with Crippen LogP contribution in [0.5, 0.6) is 0 Å². The monoisotopic (exact) mass is 170 g/mol. The Morgan fingerprint density at radius 3 is 2.77 bits per heavy atom. The fourth-order valence-corrected chi connectivity index (χ4v) is 1.79. The van der Waals surface area contributed by atoms with Gasteiger partial charge in [-0.05, 0) is 29.5 Å². The topological polar surface area (TPSA) is 0 Å². The van der Waals surface area contributed by atoms with Crippen molar-refractivity contribution in [1.82, 2.24) is 0 Å². The molecule has 0 bridgehead atoms. The van der Waals surface area contributed by atoms with Gasteiger partial charge in [0.15, 0.2) is 0 Å². The van der Waals surface area contributed by atoms with Crippen LogP contribution in [-0.4, -0.2) is 0 Å². The van der Waals surface area contributed by atoms with Gasteiger partial charge in [-0.15, -0.1) is 0 Å². The van der Waals surface area contributed by atoms with Crippen LogP contribution in [0.4, 0.5) is 0 Å². The van der Waals surface area contributed by atoms with Gasteiger partial charge in [-0.2, -0.15) is 0 Å². The molecule has 0 amide bonds. The smallest absolute Gasteiger partial charge is 0.00883 e. The molecule has 0 aliphatic heterocycles. The highest BCUT2D eigenvalue weighted by atomic mass is 14.1. The van der Waals surface area contributed by atoms with Crippen molar-refractivity contribution in [2.24, 2.45) is 0 Å². The molecule has 13 heavy (non-hydrogen) atoms. The van der Waals surface area contributed by atoms with Crippen molar-refractivity contribution in [1.29, 1.82) is 0 Å². The lowest BCUT2D eigenvalue weighted by Crippen LogP contribution is -1.89. The summed E-state index contributed by atoms with van der Waals surface area (Å²) in [5.74, 6) is 0. The fourth-order valence-electron chi connectivity index (χ4n) is 1.79. The zero-order chi connectivity index (χ0) is 9.10. The molecule has 0 N–H and O–H groups in total. The molecule has 0 saturated heterocycles. The molecule has 66 valence electrons. The van der Waals surface area contributed by atoms with Gasteiger partial charge in [0.25, 0.3) is 0 Å². The van der Waals surface area contributed by atoms with Crippen LogP contribution >= 0.6 is 0 Å². The van der Waals surface area contributed by atoms with Crippen molar-refractivity contribution in [3.8, 4) is 0 Å². The summed E-state index contributed by atoms with van der Waals surface area (Å²) in [7, 11) is 0. The first kappa shape index (κ1) is 8.31. The number of rotatable bonds is 2. The summed E-state index contributed by atoms with van der Waals surface area (Å²) in [5, 5.41) is 0. The van der Waals surface area contributed by atoms with Gasteiger partial charge in [0, 0.05) is 0 Å². The van der Waals surface area contributed by atoms with Gasteiger partial charge in [-0.1, -0.05) is 49.4 Å². The molecule has 0 atom stereocenters. The van der Waals surface area contributed by atoms with Crippen LogP contribution < -0.4 is 0 Å². The zero-order valence-electron chi connectivity index (χ0n) is 7.96. The van der Waals surface area contributed by atoms with Crippen LogP contribution in [0.2, 0.25) is 0 Å². The molecule has 0 aromatic heterocycles. The molecule has 0 fully saturated rings. The summed E-state index contributed by atoms with van der Waals surface area (Å²) in [5.41, 5.74) is 4.34. The number of benzene rings is 1. The third-order valence-electron chi connectivity index (χ3n) is 2.52. The van der Waals surface area contributed by atoms with Gasteiger partial charge in [0.05, 0.1) is 0 Å². The largest absolute Gasteiger partial charge is 0.0801 e. The normalized spacial score (nSPS) is 14.7. The minimum absolute atomic E-state index is 1.09. The Balaban J connectivity index is 2.39. The van der Waals surface area contributed by atoms with E-state index in [0.29, 0.717) is 0 Å². The van der Waals surface area contributed by atoms with Gasteiger partial charge in [0.1, 0.15) is 0 Å². The highest BCUT2D eigenvalue weighted by Gasteiger charge is 2.05. The van der Waals surface area contributed by atoms with Crippen LogP contribution in [0, 0.1) is 0 Å². The average Bonchev–Trinajstić information content (AvgIpc) is 2.70. The molecule has 0 saturated carbocycles. The lowest BCUT2D eigenvalue weighted by atomic mass is 9.98. The van der Waals surface area contributed by atoms with Gasteiger partial charge in [-0.3, -0.25) is 0 Å². The van der Waals surface area contributed by atoms with E-state index in [-0.39, 0.29) is 0 Å². The maximum absolute atomic E-state index is 2.22. The zero-order valence-corrected chi connectivity index (χ0v) is 7.96. The molecule has 1 aliphatic rings. The SMILES string of the molecule is CCc1ccccc1C1=CC=CC1. The lowest BCUT2D eigenvalue weighted by molar-refractivity contribution is 1.12. The summed E-state index contributed by atoms with van der Waals surface area (Å²) in [6.07, 6.45) is 8.78. The molecule has 0 nitrogen and oxygen atoms in total. The van der Waals surface area contributed by atoms with E-state index in [0.717, 1.165) is 12.8 Å². The molecule has 0 unspecified atom stereocenters. The van der Waals surface area contributed by atoms with E-state index in [1.54, 1.807) is 0 Å². The van der Waals surface area contributed by atoms with Crippen LogP contribution in [0.3, 0.4) is 0 Å². The molecule has 0 heterocycles. The van der Waals surface area contributed by atoms with Gasteiger partial charge in [-0.25, -0.2) is 0 Å². The Labute approximate surface area is 79.6 Å². The van der Waals surface area contributed by atoms with Crippen LogP contribution in [0.25, 0.3) is 5.57 Å². The molecule has 1 aromatic carbocycles. The van der Waals surface area contributed by atoms with Crippen molar-refractivity contribution in [2.45, 2.75) is 19.8 Å². The lowest BCUT2D eigenvalue weighted by Gasteiger charge is -2.07. The van der Waals surface area contributed by atoms with Crippen molar-refractivity contribution < 1.29 is 0 Å². The molecule has 0 spiro atoms. The van der Waals surface area contributed by atoms with E-state index in [9.17, 15) is 0 Å². The Hall–Kier alpha value is -1.30. The first-order valence-corrected chi connectivity index (χ1v) is 4.86. The average molecular weight is 170 g/mol. The van der Waals surface area contributed by atoms with Crippen molar-refractivity contribution >= 4 is 5.57 Å². The predicted octanol–water partition coefficient (Wildman–Crippen LogP) is 3.59.